The molecule has 0 aliphatic carbocycles. The largest absolute Gasteiger partial charge is 0.364 e. The molecular formula is C27H29ClF2N4O5S. The molecule has 0 unspecified atom stereocenters. The first-order valence-electron chi connectivity index (χ1n) is 12.3. The predicted octanol–water partition coefficient (Wildman–Crippen LogP) is 3.42. The fourth-order valence-corrected chi connectivity index (χ4v) is 5.21. The van der Waals surface area contributed by atoms with Gasteiger partial charge in [-0.25, -0.2) is 8.78 Å². The highest BCUT2D eigenvalue weighted by Crippen LogP contribution is 2.27. The topological polar surface area (TPSA) is 117 Å². The van der Waals surface area contributed by atoms with E-state index in [1.807, 2.05) is 0 Å². The normalized spacial score (nSPS) is 13.6. The molecule has 40 heavy (non-hydrogen) atoms. The van der Waals surface area contributed by atoms with Gasteiger partial charge < -0.3 is 20.8 Å². The number of carbonyl (C=O) groups excluding carboxylic acids is 2. The lowest BCUT2D eigenvalue weighted by atomic mass is 9.98. The lowest BCUT2D eigenvalue weighted by Gasteiger charge is -2.24. The Morgan fingerprint density at radius 1 is 0.925 bits per heavy atom. The maximum absolute atomic E-state index is 13.9. The van der Waals surface area contributed by atoms with Gasteiger partial charge in [-0.2, -0.15) is 8.42 Å². The van der Waals surface area contributed by atoms with Crippen molar-refractivity contribution in [2.75, 3.05) is 30.6 Å². The van der Waals surface area contributed by atoms with Crippen molar-refractivity contribution in [3.8, 4) is 5.75 Å². The van der Waals surface area contributed by atoms with Crippen molar-refractivity contribution in [3.63, 3.8) is 0 Å². The van der Waals surface area contributed by atoms with E-state index in [1.54, 1.807) is 0 Å². The van der Waals surface area contributed by atoms with Gasteiger partial charge in [0.25, 0.3) is 15.9 Å². The van der Waals surface area contributed by atoms with Crippen LogP contribution in [0.3, 0.4) is 0 Å². The first kappa shape index (κ1) is 30.8. The fourth-order valence-electron chi connectivity index (χ4n) is 3.96. The van der Waals surface area contributed by atoms with Crippen molar-refractivity contribution in [1.29, 1.82) is 0 Å². The first-order chi connectivity index (χ1) is 18.7. The van der Waals surface area contributed by atoms with Gasteiger partial charge >= 0.3 is 0 Å². The van der Waals surface area contributed by atoms with Crippen molar-refractivity contribution in [3.05, 3.63) is 90.0 Å². The number of amides is 2. The summed E-state index contributed by atoms with van der Waals surface area (Å²) >= 11 is 0. The van der Waals surface area contributed by atoms with Crippen molar-refractivity contribution < 1.29 is 31.6 Å². The van der Waals surface area contributed by atoms with Crippen LogP contribution in [0.4, 0.5) is 14.5 Å². The molecule has 1 saturated heterocycles. The summed E-state index contributed by atoms with van der Waals surface area (Å²) in [6.07, 6.45) is 1.96. The van der Waals surface area contributed by atoms with E-state index in [1.165, 1.54) is 48.5 Å². The van der Waals surface area contributed by atoms with Gasteiger partial charge in [-0.15, -0.1) is 12.4 Å². The Balaban J connectivity index is 0.00000441. The Morgan fingerprint density at radius 3 is 2.25 bits per heavy atom. The molecule has 3 N–H and O–H groups in total. The first-order valence-corrected chi connectivity index (χ1v) is 13.8. The predicted molar refractivity (Wildman–Crippen MR) is 148 cm³/mol. The van der Waals surface area contributed by atoms with E-state index < -0.39 is 27.6 Å². The molecule has 0 atom stereocenters. The molecule has 2 amide bonds. The summed E-state index contributed by atoms with van der Waals surface area (Å²) in [4.78, 5) is 29.9. The van der Waals surface area contributed by atoms with Crippen LogP contribution in [-0.2, 0) is 14.8 Å². The number of carbonyl (C=O) groups is 2. The SMILES string of the molecule is Cl.O=C(CNC(=O)c1ccc(S(=O)(=O)N(Oc2ccc(F)cc2)c2cccc(F)c2)cc1)NCC1CCNCC1. The minimum absolute atomic E-state index is 0. The highest BCUT2D eigenvalue weighted by atomic mass is 35.5. The number of sulfonamides is 1. The highest BCUT2D eigenvalue weighted by molar-refractivity contribution is 7.92. The third-order valence-corrected chi connectivity index (χ3v) is 7.70. The summed E-state index contributed by atoms with van der Waals surface area (Å²) in [5.74, 6) is -1.71. The molecule has 1 heterocycles. The van der Waals surface area contributed by atoms with Gasteiger partial charge in [-0.3, -0.25) is 9.59 Å². The van der Waals surface area contributed by atoms with E-state index in [9.17, 15) is 26.8 Å². The quantitative estimate of drug-likeness (QED) is 0.310. The molecule has 13 heteroatoms. The summed E-state index contributed by atoms with van der Waals surface area (Å²) in [6, 6.07) is 14.4. The second-order valence-electron chi connectivity index (χ2n) is 8.96. The molecule has 9 nitrogen and oxygen atoms in total. The molecule has 1 aliphatic heterocycles. The van der Waals surface area contributed by atoms with Crippen LogP contribution in [0, 0.1) is 17.6 Å². The lowest BCUT2D eigenvalue weighted by Crippen LogP contribution is -2.40. The molecule has 0 spiro atoms. The maximum atomic E-state index is 13.9. The molecule has 0 saturated carbocycles. The number of rotatable bonds is 10. The number of nitrogens with zero attached hydrogens (tertiary/aromatic N) is 1. The summed E-state index contributed by atoms with van der Waals surface area (Å²) in [7, 11) is -4.42. The van der Waals surface area contributed by atoms with Gasteiger partial charge in [-0.1, -0.05) is 10.5 Å². The van der Waals surface area contributed by atoms with Crippen LogP contribution in [0.1, 0.15) is 23.2 Å². The lowest BCUT2D eigenvalue weighted by molar-refractivity contribution is -0.120. The van der Waals surface area contributed by atoms with Crippen molar-refractivity contribution in [2.24, 2.45) is 5.92 Å². The molecule has 4 rings (SSSR count). The van der Waals surface area contributed by atoms with Crippen LogP contribution in [0.15, 0.2) is 77.7 Å². The number of nitrogens with one attached hydrogen (secondary N) is 3. The minimum atomic E-state index is -4.42. The average molecular weight is 595 g/mol. The van der Waals surface area contributed by atoms with Crippen molar-refractivity contribution >= 4 is 39.9 Å². The number of hydrogen-bond acceptors (Lipinski definition) is 6. The van der Waals surface area contributed by atoms with E-state index >= 15 is 0 Å². The van der Waals surface area contributed by atoms with Gasteiger partial charge in [0.15, 0.2) is 5.75 Å². The zero-order chi connectivity index (χ0) is 27.8. The van der Waals surface area contributed by atoms with E-state index in [4.69, 9.17) is 4.84 Å². The summed E-state index contributed by atoms with van der Waals surface area (Å²) in [5.41, 5.74) is 0.00788. The van der Waals surface area contributed by atoms with Gasteiger partial charge in [0.2, 0.25) is 5.91 Å². The van der Waals surface area contributed by atoms with Crippen LogP contribution >= 0.6 is 12.4 Å². The van der Waals surface area contributed by atoms with E-state index in [-0.39, 0.29) is 46.8 Å². The molecular weight excluding hydrogens is 566 g/mol. The molecule has 3 aromatic rings. The summed E-state index contributed by atoms with van der Waals surface area (Å²) < 4.78 is 54.7. The third-order valence-electron chi connectivity index (χ3n) is 6.11. The van der Waals surface area contributed by atoms with Gasteiger partial charge in [0.1, 0.15) is 11.6 Å². The van der Waals surface area contributed by atoms with Crippen molar-refractivity contribution in [2.45, 2.75) is 17.7 Å². The Kier molecular flexibility index (Phi) is 10.8. The van der Waals surface area contributed by atoms with Crippen LogP contribution in [-0.4, -0.2) is 46.4 Å². The average Bonchev–Trinajstić information content (AvgIpc) is 2.95. The molecule has 0 bridgehead atoms. The van der Waals surface area contributed by atoms with Crippen LogP contribution in [0.2, 0.25) is 0 Å². The standard InChI is InChI=1S/C27H28F2N4O5S.ClH/c28-21-6-8-24(9-7-21)38-33(23-3-1-2-22(29)16-23)39(36,37)25-10-4-20(5-11-25)27(35)32-18-26(34)31-17-19-12-14-30-15-13-19;/h1-11,16,19,30H,12-15,17-18H2,(H,31,34)(H,32,35);1H. The monoisotopic (exact) mass is 594 g/mol. The number of halogens is 3. The number of anilines is 1. The van der Waals surface area contributed by atoms with Crippen LogP contribution < -0.4 is 25.3 Å². The van der Waals surface area contributed by atoms with Gasteiger partial charge in [0, 0.05) is 18.2 Å². The van der Waals surface area contributed by atoms with Crippen LogP contribution in [0.25, 0.3) is 0 Å². The molecule has 0 aromatic heterocycles. The number of piperidine rings is 1. The number of hydrogen-bond donors (Lipinski definition) is 3. The fraction of sp³-hybridized carbons (Fsp3) is 0.259. The Labute approximate surface area is 237 Å². The smallest absolute Gasteiger partial charge is 0.295 e. The third kappa shape index (κ3) is 8.13. The molecule has 3 aromatic carbocycles. The second-order valence-corrected chi connectivity index (χ2v) is 10.7. The summed E-state index contributed by atoms with van der Waals surface area (Å²) in [6.45, 7) is 2.16. The van der Waals surface area contributed by atoms with Gasteiger partial charge in [0.05, 0.1) is 17.1 Å². The van der Waals surface area contributed by atoms with E-state index in [0.29, 0.717) is 16.9 Å². The van der Waals surface area contributed by atoms with Crippen LogP contribution in [0.5, 0.6) is 5.75 Å². The molecule has 1 aliphatic rings. The zero-order valence-corrected chi connectivity index (χ0v) is 22.9. The van der Waals surface area contributed by atoms with E-state index in [2.05, 4.69) is 16.0 Å². The zero-order valence-electron chi connectivity index (χ0n) is 21.3. The van der Waals surface area contributed by atoms with Gasteiger partial charge in [-0.05, 0) is 92.5 Å². The molecule has 0 radical (unpaired) electrons. The van der Waals surface area contributed by atoms with Crippen molar-refractivity contribution in [1.82, 2.24) is 16.0 Å². The number of benzene rings is 3. The minimum Gasteiger partial charge on any atom is -0.364 e. The Hall–Kier alpha value is -3.74. The van der Waals surface area contributed by atoms with E-state index in [0.717, 1.165) is 50.2 Å². The summed E-state index contributed by atoms with van der Waals surface area (Å²) in [5, 5.41) is 8.59. The second kappa shape index (κ2) is 14.1. The Morgan fingerprint density at radius 2 is 1.60 bits per heavy atom. The highest BCUT2D eigenvalue weighted by Gasteiger charge is 2.28. The maximum Gasteiger partial charge on any atom is 0.295 e. The Bertz CT molecular complexity index is 1400. The molecule has 1 fully saturated rings. The molecule has 214 valence electrons.